The Labute approximate surface area is 221 Å². The number of hydrogen-bond donors (Lipinski definition) is 2. The number of nitrogens with zero attached hydrogens (tertiary/aromatic N) is 5. The number of hydrogen-bond acceptors (Lipinski definition) is 10. The minimum absolute atomic E-state index is 0.0866. The van der Waals surface area contributed by atoms with E-state index in [1.807, 2.05) is 23.1 Å². The van der Waals surface area contributed by atoms with Crippen molar-refractivity contribution in [2.75, 3.05) is 88.8 Å². The molecule has 0 saturated carbocycles. The van der Waals surface area contributed by atoms with E-state index in [2.05, 4.69) is 30.4 Å². The molecular weight excluding hydrogens is 490 g/mol. The number of anilines is 3. The number of methoxy groups -OCH3 is 2. The minimum atomic E-state index is -0.255. The number of fused-ring (bicyclic) bond motifs is 9. The molecule has 12 nitrogen and oxygen atoms in total. The number of rotatable bonds is 4. The van der Waals surface area contributed by atoms with E-state index in [0.29, 0.717) is 93.3 Å². The predicted octanol–water partition coefficient (Wildman–Crippen LogP) is 1.27. The van der Waals surface area contributed by atoms with Crippen molar-refractivity contribution in [2.24, 2.45) is 0 Å². The standard InChI is InChI=1S/C26H33N7O5/c1-36-13-11-31-6-3-12-38-21-14-18(4-5-20(21)37-2)27-15-19-23-24(30-26(19)35)28-17-29-25(23)33-9-7-32(8-10-33)22(34)16-31/h4-5,14-15,17,27H,3,6-13,16H2,1-2H3,(H,28,29,30,35)/b19-15-. The van der Waals surface area contributed by atoms with Crippen molar-refractivity contribution in [1.29, 1.82) is 0 Å². The fraction of sp³-hybridized carbons (Fsp3) is 0.462. The first-order valence-corrected chi connectivity index (χ1v) is 12.8. The van der Waals surface area contributed by atoms with Crippen molar-refractivity contribution in [3.05, 3.63) is 36.3 Å². The molecule has 0 aliphatic carbocycles. The van der Waals surface area contributed by atoms with Crippen molar-refractivity contribution in [2.45, 2.75) is 6.42 Å². The van der Waals surface area contributed by atoms with Crippen LogP contribution < -0.4 is 25.0 Å². The Morgan fingerprint density at radius 2 is 1.87 bits per heavy atom. The molecule has 0 unspecified atom stereocenters. The zero-order valence-electron chi connectivity index (χ0n) is 21.7. The number of carbonyl (C=O) groups excluding carboxylic acids is 2. The van der Waals surface area contributed by atoms with Gasteiger partial charge in [0, 0.05) is 64.3 Å². The molecule has 4 aliphatic rings. The maximum Gasteiger partial charge on any atom is 0.259 e. The molecule has 0 atom stereocenters. The van der Waals surface area contributed by atoms with Gasteiger partial charge in [-0.15, -0.1) is 0 Å². The molecule has 2 aromatic rings. The number of amides is 2. The molecule has 4 bridgehead atoms. The van der Waals surface area contributed by atoms with Crippen LogP contribution in [0, 0.1) is 0 Å². The average Bonchev–Trinajstić information content (AvgIpc) is 3.27. The molecule has 1 aromatic carbocycles. The Morgan fingerprint density at radius 3 is 2.66 bits per heavy atom. The van der Waals surface area contributed by atoms with Crippen molar-refractivity contribution < 1.29 is 23.8 Å². The Bertz CT molecular complexity index is 1210. The summed E-state index contributed by atoms with van der Waals surface area (Å²) in [7, 11) is 3.26. The summed E-state index contributed by atoms with van der Waals surface area (Å²) >= 11 is 0. The van der Waals surface area contributed by atoms with Crippen LogP contribution in [0.1, 0.15) is 12.0 Å². The van der Waals surface area contributed by atoms with E-state index in [0.717, 1.165) is 12.1 Å². The third-order valence-electron chi connectivity index (χ3n) is 6.90. The number of aromatic nitrogens is 2. The first-order chi connectivity index (χ1) is 18.6. The normalized spacial score (nSPS) is 19.8. The molecular formula is C26H33N7O5. The Hall–Kier alpha value is -3.90. The van der Waals surface area contributed by atoms with Gasteiger partial charge in [0.2, 0.25) is 5.91 Å². The van der Waals surface area contributed by atoms with Crippen LogP contribution >= 0.6 is 0 Å². The highest BCUT2D eigenvalue weighted by atomic mass is 16.5. The molecule has 12 heteroatoms. The van der Waals surface area contributed by atoms with Crippen LogP contribution in [0.5, 0.6) is 11.5 Å². The molecule has 6 rings (SSSR count). The number of carbonyl (C=O) groups is 2. The summed E-state index contributed by atoms with van der Waals surface area (Å²) in [5, 5.41) is 6.06. The second-order valence-corrected chi connectivity index (χ2v) is 9.28. The lowest BCUT2D eigenvalue weighted by Gasteiger charge is -2.37. The molecule has 1 saturated heterocycles. The number of piperazine rings is 1. The molecule has 0 spiro atoms. The summed E-state index contributed by atoms with van der Waals surface area (Å²) in [6.45, 7) is 5.04. The Kier molecular flexibility index (Phi) is 7.89. The molecule has 38 heavy (non-hydrogen) atoms. The van der Waals surface area contributed by atoms with Crippen LogP contribution in [0.2, 0.25) is 0 Å². The van der Waals surface area contributed by atoms with Gasteiger partial charge < -0.3 is 34.6 Å². The lowest BCUT2D eigenvalue weighted by Crippen LogP contribution is -2.52. The SMILES string of the molecule is COCCN1CCCOc2cc(ccc2OC)N/C=C2\C(=O)Nc3ncnc(c32)N2CCN(CC2)C(=O)C1. The van der Waals surface area contributed by atoms with E-state index < -0.39 is 0 Å². The van der Waals surface area contributed by atoms with Gasteiger partial charge in [-0.2, -0.15) is 0 Å². The van der Waals surface area contributed by atoms with Crippen molar-refractivity contribution >= 4 is 34.7 Å². The van der Waals surface area contributed by atoms with E-state index in [1.54, 1.807) is 20.4 Å². The minimum Gasteiger partial charge on any atom is -0.493 e. The number of ether oxygens (including phenoxy) is 3. The predicted molar refractivity (Wildman–Crippen MR) is 142 cm³/mol. The summed E-state index contributed by atoms with van der Waals surface area (Å²) in [4.78, 5) is 41.0. The third kappa shape index (κ3) is 5.50. The molecule has 4 aliphatic heterocycles. The zero-order chi connectivity index (χ0) is 26.5. The van der Waals surface area contributed by atoms with Gasteiger partial charge in [-0.05, 0) is 18.6 Å². The lowest BCUT2D eigenvalue weighted by molar-refractivity contribution is -0.132. The maximum absolute atomic E-state index is 13.2. The molecule has 202 valence electrons. The molecule has 5 heterocycles. The van der Waals surface area contributed by atoms with E-state index in [1.165, 1.54) is 6.33 Å². The van der Waals surface area contributed by atoms with Crippen molar-refractivity contribution in [1.82, 2.24) is 19.8 Å². The van der Waals surface area contributed by atoms with Gasteiger partial charge >= 0.3 is 0 Å². The summed E-state index contributed by atoms with van der Waals surface area (Å²) in [6, 6.07) is 5.52. The smallest absolute Gasteiger partial charge is 0.259 e. The second kappa shape index (κ2) is 11.7. The second-order valence-electron chi connectivity index (χ2n) is 9.28. The fourth-order valence-electron chi connectivity index (χ4n) is 4.84. The maximum atomic E-state index is 13.2. The van der Waals surface area contributed by atoms with Crippen LogP contribution in [0.3, 0.4) is 0 Å². The summed E-state index contributed by atoms with van der Waals surface area (Å²) in [5.41, 5.74) is 1.84. The summed E-state index contributed by atoms with van der Waals surface area (Å²) in [5.74, 6) is 2.18. The first-order valence-electron chi connectivity index (χ1n) is 12.8. The average molecular weight is 524 g/mol. The first kappa shape index (κ1) is 25.7. The van der Waals surface area contributed by atoms with E-state index >= 15 is 0 Å². The van der Waals surface area contributed by atoms with E-state index in [4.69, 9.17) is 14.2 Å². The lowest BCUT2D eigenvalue weighted by atomic mass is 10.1. The van der Waals surface area contributed by atoms with Gasteiger partial charge in [-0.1, -0.05) is 0 Å². The van der Waals surface area contributed by atoms with E-state index in [9.17, 15) is 9.59 Å². The molecule has 0 radical (unpaired) electrons. The van der Waals surface area contributed by atoms with Gasteiger partial charge in [-0.25, -0.2) is 9.97 Å². The summed E-state index contributed by atoms with van der Waals surface area (Å²) in [6.07, 6.45) is 3.85. The fourth-order valence-corrected chi connectivity index (χ4v) is 4.84. The highest BCUT2D eigenvalue weighted by Gasteiger charge is 2.33. The van der Waals surface area contributed by atoms with Gasteiger partial charge in [0.1, 0.15) is 18.0 Å². The van der Waals surface area contributed by atoms with Crippen LogP contribution in [0.15, 0.2) is 30.7 Å². The van der Waals surface area contributed by atoms with E-state index in [-0.39, 0.29) is 11.8 Å². The number of benzene rings is 1. The monoisotopic (exact) mass is 523 g/mol. The van der Waals surface area contributed by atoms with Crippen molar-refractivity contribution in [3.63, 3.8) is 0 Å². The van der Waals surface area contributed by atoms with Crippen LogP contribution in [-0.2, 0) is 14.3 Å². The molecule has 2 amide bonds. The van der Waals surface area contributed by atoms with Gasteiger partial charge in [-0.3, -0.25) is 14.5 Å². The Morgan fingerprint density at radius 1 is 1.05 bits per heavy atom. The quantitative estimate of drug-likeness (QED) is 0.606. The van der Waals surface area contributed by atoms with Crippen LogP contribution in [0.4, 0.5) is 17.3 Å². The highest BCUT2D eigenvalue weighted by molar-refractivity contribution is 6.32. The molecule has 1 aromatic heterocycles. The third-order valence-corrected chi connectivity index (χ3v) is 6.90. The van der Waals surface area contributed by atoms with Crippen LogP contribution in [-0.4, -0.2) is 105 Å². The number of nitrogens with one attached hydrogen (secondary N) is 2. The largest absolute Gasteiger partial charge is 0.493 e. The highest BCUT2D eigenvalue weighted by Crippen LogP contribution is 2.37. The Balaban J connectivity index is 1.47. The van der Waals surface area contributed by atoms with Gasteiger partial charge in [0.05, 0.1) is 38.0 Å². The summed E-state index contributed by atoms with van der Waals surface area (Å²) < 4.78 is 16.8. The van der Waals surface area contributed by atoms with Crippen molar-refractivity contribution in [3.8, 4) is 11.5 Å². The van der Waals surface area contributed by atoms with Gasteiger partial charge in [0.25, 0.3) is 5.91 Å². The van der Waals surface area contributed by atoms with Crippen LogP contribution in [0.25, 0.3) is 5.57 Å². The topological polar surface area (TPSA) is 121 Å². The van der Waals surface area contributed by atoms with Gasteiger partial charge in [0.15, 0.2) is 11.5 Å². The molecule has 1 fully saturated rings. The zero-order valence-corrected chi connectivity index (χ0v) is 21.7. The molecule has 2 N–H and O–H groups in total.